The van der Waals surface area contributed by atoms with E-state index in [1.807, 2.05) is 39.0 Å². The van der Waals surface area contributed by atoms with E-state index in [1.165, 1.54) is 4.90 Å². The van der Waals surface area contributed by atoms with Crippen LogP contribution in [0.4, 0.5) is 4.79 Å². The van der Waals surface area contributed by atoms with Crippen LogP contribution in [0.1, 0.15) is 26.5 Å². The van der Waals surface area contributed by atoms with Gasteiger partial charge in [-0.25, -0.2) is 4.79 Å². The molecule has 0 aliphatic carbocycles. The maximum absolute atomic E-state index is 12.3. The van der Waals surface area contributed by atoms with Crippen LogP contribution in [0.25, 0.3) is 0 Å². The maximum atomic E-state index is 12.3. The molecule has 1 fully saturated rings. The predicted octanol–water partition coefficient (Wildman–Crippen LogP) is 2.01. The molecular weight excluding hydrogens is 302 g/mol. The van der Waals surface area contributed by atoms with Crippen molar-refractivity contribution in [1.82, 2.24) is 15.2 Å². The van der Waals surface area contributed by atoms with E-state index in [1.54, 1.807) is 18.0 Å². The molecular formula is C15H21N3O3S. The molecule has 0 bridgehead atoms. The number of nitrogens with one attached hydrogen (secondary N) is 1. The second kappa shape index (κ2) is 7.00. The molecule has 1 aromatic rings. The molecule has 0 saturated carbocycles. The summed E-state index contributed by atoms with van der Waals surface area (Å²) in [6.45, 7) is 5.78. The summed E-state index contributed by atoms with van der Waals surface area (Å²) in [5, 5.41) is 2.82. The Kier molecular flexibility index (Phi) is 5.28. The number of rotatable bonds is 3. The number of carbonyl (C=O) groups excluding carboxylic acids is 2. The maximum Gasteiger partial charge on any atom is 0.411 e. The highest BCUT2D eigenvalue weighted by atomic mass is 32.2. The van der Waals surface area contributed by atoms with Gasteiger partial charge in [-0.3, -0.25) is 14.7 Å². The minimum atomic E-state index is -0.570. The van der Waals surface area contributed by atoms with Crippen LogP contribution in [0.2, 0.25) is 0 Å². The van der Waals surface area contributed by atoms with Gasteiger partial charge in [-0.2, -0.15) is 0 Å². The molecule has 1 aromatic heterocycles. The quantitative estimate of drug-likeness (QED) is 0.921. The highest BCUT2D eigenvalue weighted by Crippen LogP contribution is 2.23. The Labute approximate surface area is 134 Å². The third kappa shape index (κ3) is 4.62. The molecule has 1 atom stereocenters. The summed E-state index contributed by atoms with van der Waals surface area (Å²) in [6.07, 6.45) is 1.23. The Morgan fingerprint density at radius 2 is 2.23 bits per heavy atom. The van der Waals surface area contributed by atoms with Crippen LogP contribution in [0.5, 0.6) is 0 Å². The Hall–Kier alpha value is -1.76. The molecule has 0 spiro atoms. The largest absolute Gasteiger partial charge is 0.444 e. The third-order valence-corrected chi connectivity index (χ3v) is 4.00. The van der Waals surface area contributed by atoms with Gasteiger partial charge in [-0.1, -0.05) is 6.07 Å². The lowest BCUT2D eigenvalue weighted by Crippen LogP contribution is -2.48. The van der Waals surface area contributed by atoms with E-state index in [9.17, 15) is 9.59 Å². The lowest BCUT2D eigenvalue weighted by atomic mass is 10.2. The molecule has 2 heterocycles. The van der Waals surface area contributed by atoms with Crippen molar-refractivity contribution < 1.29 is 14.3 Å². The van der Waals surface area contributed by atoms with Crippen LogP contribution in [0, 0.1) is 0 Å². The van der Waals surface area contributed by atoms with Crippen LogP contribution >= 0.6 is 11.8 Å². The fraction of sp³-hybridized carbons (Fsp3) is 0.533. The van der Waals surface area contributed by atoms with Gasteiger partial charge >= 0.3 is 6.09 Å². The van der Waals surface area contributed by atoms with E-state index in [4.69, 9.17) is 4.74 Å². The first-order chi connectivity index (χ1) is 10.4. The lowest BCUT2D eigenvalue weighted by molar-refractivity contribution is -0.125. The van der Waals surface area contributed by atoms with E-state index < -0.39 is 17.7 Å². The summed E-state index contributed by atoms with van der Waals surface area (Å²) < 4.78 is 5.35. The van der Waals surface area contributed by atoms with Crippen LogP contribution in [-0.4, -0.2) is 45.2 Å². The normalized spacial score (nSPS) is 18.1. The number of nitrogens with zero attached hydrogens (tertiary/aromatic N) is 2. The van der Waals surface area contributed by atoms with Gasteiger partial charge in [0.1, 0.15) is 11.6 Å². The van der Waals surface area contributed by atoms with Crippen molar-refractivity contribution in [3.05, 3.63) is 30.1 Å². The molecule has 1 N–H and O–H groups in total. The molecule has 1 aliphatic heterocycles. The van der Waals surface area contributed by atoms with E-state index in [-0.39, 0.29) is 5.91 Å². The molecule has 6 nitrogen and oxygen atoms in total. The minimum absolute atomic E-state index is 0.179. The Morgan fingerprint density at radius 1 is 1.45 bits per heavy atom. The van der Waals surface area contributed by atoms with Crippen LogP contribution in [-0.2, 0) is 16.1 Å². The highest BCUT2D eigenvalue weighted by molar-refractivity contribution is 7.99. The molecule has 2 amide bonds. The first-order valence-electron chi connectivity index (χ1n) is 7.12. The zero-order valence-corrected chi connectivity index (χ0v) is 13.9. The zero-order chi connectivity index (χ0) is 16.2. The number of pyridine rings is 1. The molecule has 0 aromatic carbocycles. The second-order valence-electron chi connectivity index (χ2n) is 6.00. The van der Waals surface area contributed by atoms with Gasteiger partial charge in [0.2, 0.25) is 5.91 Å². The zero-order valence-electron chi connectivity index (χ0n) is 13.0. The summed E-state index contributed by atoms with van der Waals surface area (Å²) >= 11 is 1.54. The summed E-state index contributed by atoms with van der Waals surface area (Å²) in [5.41, 5.74) is 0.213. The number of aromatic nitrogens is 1. The standard InChI is InChI=1S/C15H21N3O3S/c1-15(2,3)21-14(20)18-10-22-9-12(18)13(19)17-8-11-6-4-5-7-16-11/h4-7,12H,8-10H2,1-3H3,(H,17,19)/t12-/m1/s1. The van der Waals surface area contributed by atoms with E-state index in [0.717, 1.165) is 5.69 Å². The number of amides is 2. The fourth-order valence-electron chi connectivity index (χ4n) is 1.96. The van der Waals surface area contributed by atoms with Gasteiger partial charge < -0.3 is 10.1 Å². The first-order valence-corrected chi connectivity index (χ1v) is 8.27. The predicted molar refractivity (Wildman–Crippen MR) is 85.3 cm³/mol. The van der Waals surface area contributed by atoms with Crippen molar-refractivity contribution in [1.29, 1.82) is 0 Å². The van der Waals surface area contributed by atoms with Gasteiger partial charge in [0.15, 0.2) is 0 Å². The molecule has 120 valence electrons. The number of carbonyl (C=O) groups is 2. The highest BCUT2D eigenvalue weighted by Gasteiger charge is 2.36. The van der Waals surface area contributed by atoms with Crippen molar-refractivity contribution in [3.8, 4) is 0 Å². The summed E-state index contributed by atoms with van der Waals surface area (Å²) in [7, 11) is 0. The summed E-state index contributed by atoms with van der Waals surface area (Å²) in [4.78, 5) is 30.1. The molecule has 0 radical (unpaired) electrons. The fourth-order valence-corrected chi connectivity index (χ4v) is 3.10. The number of hydrogen-bond acceptors (Lipinski definition) is 5. The van der Waals surface area contributed by atoms with Gasteiger partial charge in [0, 0.05) is 11.9 Å². The Morgan fingerprint density at radius 3 is 2.86 bits per heavy atom. The number of hydrogen-bond donors (Lipinski definition) is 1. The Bertz CT molecular complexity index is 531. The van der Waals surface area contributed by atoms with Gasteiger partial charge in [-0.15, -0.1) is 11.8 Å². The van der Waals surface area contributed by atoms with Crippen molar-refractivity contribution in [2.75, 3.05) is 11.6 Å². The van der Waals surface area contributed by atoms with Crippen LogP contribution in [0.15, 0.2) is 24.4 Å². The van der Waals surface area contributed by atoms with Crippen LogP contribution < -0.4 is 5.32 Å². The average molecular weight is 323 g/mol. The molecule has 22 heavy (non-hydrogen) atoms. The van der Waals surface area contributed by atoms with E-state index >= 15 is 0 Å². The third-order valence-electron chi connectivity index (χ3n) is 2.98. The summed E-state index contributed by atoms with van der Waals surface area (Å²) in [5.74, 6) is 0.866. The monoisotopic (exact) mass is 323 g/mol. The van der Waals surface area contributed by atoms with Crippen molar-refractivity contribution in [2.45, 2.75) is 39.0 Å². The van der Waals surface area contributed by atoms with Gasteiger partial charge in [0.05, 0.1) is 18.1 Å². The molecule has 1 saturated heterocycles. The molecule has 2 rings (SSSR count). The second-order valence-corrected chi connectivity index (χ2v) is 7.00. The molecule has 0 unspecified atom stereocenters. The Balaban J connectivity index is 1.92. The van der Waals surface area contributed by atoms with E-state index in [0.29, 0.717) is 18.2 Å². The van der Waals surface area contributed by atoms with Gasteiger partial charge in [-0.05, 0) is 32.9 Å². The summed E-state index contributed by atoms with van der Waals surface area (Å²) in [6, 6.07) is 5.04. The van der Waals surface area contributed by atoms with Crippen molar-refractivity contribution in [3.63, 3.8) is 0 Å². The van der Waals surface area contributed by atoms with E-state index in [2.05, 4.69) is 10.3 Å². The first kappa shape index (κ1) is 16.6. The number of ether oxygens (including phenoxy) is 1. The SMILES string of the molecule is CC(C)(C)OC(=O)N1CSC[C@@H]1C(=O)NCc1ccccn1. The van der Waals surface area contributed by atoms with Crippen molar-refractivity contribution in [2.24, 2.45) is 0 Å². The van der Waals surface area contributed by atoms with Crippen molar-refractivity contribution >= 4 is 23.8 Å². The average Bonchev–Trinajstić information content (AvgIpc) is 2.93. The molecule has 7 heteroatoms. The number of thioether (sulfide) groups is 1. The smallest absolute Gasteiger partial charge is 0.411 e. The lowest BCUT2D eigenvalue weighted by Gasteiger charge is -2.27. The topological polar surface area (TPSA) is 71.5 Å². The van der Waals surface area contributed by atoms with Crippen LogP contribution in [0.3, 0.4) is 0 Å². The molecule has 1 aliphatic rings. The van der Waals surface area contributed by atoms with Gasteiger partial charge in [0.25, 0.3) is 0 Å². The minimum Gasteiger partial charge on any atom is -0.444 e.